The Kier molecular flexibility index (Phi) is 7.01. The molecule has 1 fully saturated rings. The Balaban J connectivity index is 1.54. The van der Waals surface area contributed by atoms with Crippen LogP contribution < -0.4 is 11.0 Å². The van der Waals surface area contributed by atoms with Gasteiger partial charge in [0.1, 0.15) is 0 Å². The van der Waals surface area contributed by atoms with Crippen LogP contribution in [0.25, 0.3) is 21.9 Å². The summed E-state index contributed by atoms with van der Waals surface area (Å²) in [6, 6.07) is 15.3. The summed E-state index contributed by atoms with van der Waals surface area (Å²) in [6.07, 6.45) is 3.84. The molecular formula is C26H29N3O6S. The Hall–Kier alpha value is -3.50. The van der Waals surface area contributed by atoms with Crippen molar-refractivity contribution in [1.29, 1.82) is 0 Å². The number of hydroxylamine groups is 1. The molecule has 0 spiro atoms. The minimum absolute atomic E-state index is 0.0193. The van der Waals surface area contributed by atoms with Gasteiger partial charge in [-0.05, 0) is 60.0 Å². The molecule has 0 aliphatic carbocycles. The van der Waals surface area contributed by atoms with Gasteiger partial charge in [0.25, 0.3) is 11.5 Å². The monoisotopic (exact) mass is 511 g/mol. The molecule has 1 aromatic heterocycles. The molecule has 1 atom stereocenters. The Bertz CT molecular complexity index is 1480. The van der Waals surface area contributed by atoms with Crippen molar-refractivity contribution in [3.05, 3.63) is 70.6 Å². The molecule has 1 saturated heterocycles. The normalized spacial score (nSPS) is 15.8. The van der Waals surface area contributed by atoms with E-state index in [0.29, 0.717) is 18.4 Å². The molecule has 10 heteroatoms. The van der Waals surface area contributed by atoms with Crippen molar-refractivity contribution >= 4 is 32.4 Å². The highest BCUT2D eigenvalue weighted by Gasteiger charge is 2.43. The van der Waals surface area contributed by atoms with Gasteiger partial charge >= 0.3 is 0 Å². The van der Waals surface area contributed by atoms with E-state index in [1.54, 1.807) is 18.3 Å². The molecule has 2 N–H and O–H groups in total. The van der Waals surface area contributed by atoms with Crippen molar-refractivity contribution in [2.45, 2.75) is 44.0 Å². The number of nitrogens with one attached hydrogen (secondary N) is 1. The van der Waals surface area contributed by atoms with E-state index >= 15 is 0 Å². The van der Waals surface area contributed by atoms with Crippen molar-refractivity contribution < 1.29 is 23.2 Å². The molecule has 2 aromatic carbocycles. The highest BCUT2D eigenvalue weighted by Crippen LogP contribution is 2.25. The summed E-state index contributed by atoms with van der Waals surface area (Å²) in [5.41, 5.74) is 4.10. The number of amides is 2. The number of pyridine rings is 1. The van der Waals surface area contributed by atoms with Crippen LogP contribution in [0.15, 0.2) is 59.5 Å². The molecule has 0 radical (unpaired) electrons. The second kappa shape index (κ2) is 9.87. The van der Waals surface area contributed by atoms with Crippen molar-refractivity contribution in [3.63, 3.8) is 0 Å². The zero-order valence-corrected chi connectivity index (χ0v) is 21.0. The van der Waals surface area contributed by atoms with Gasteiger partial charge in [0, 0.05) is 43.9 Å². The molecule has 3 aromatic rings. The molecule has 36 heavy (non-hydrogen) atoms. The van der Waals surface area contributed by atoms with Crippen LogP contribution in [-0.2, 0) is 32.5 Å². The van der Waals surface area contributed by atoms with Crippen molar-refractivity contribution in [1.82, 2.24) is 14.9 Å². The molecule has 190 valence electrons. The third kappa shape index (κ3) is 4.91. The van der Waals surface area contributed by atoms with Gasteiger partial charge in [-0.3, -0.25) is 19.6 Å². The number of hydrogen-bond acceptors (Lipinski definition) is 6. The van der Waals surface area contributed by atoms with E-state index < -0.39 is 20.5 Å². The van der Waals surface area contributed by atoms with Crippen LogP contribution >= 0.6 is 0 Å². The Morgan fingerprint density at radius 3 is 2.39 bits per heavy atom. The van der Waals surface area contributed by atoms with E-state index in [9.17, 15) is 22.8 Å². The van der Waals surface area contributed by atoms with Crippen LogP contribution in [0, 0.1) is 0 Å². The summed E-state index contributed by atoms with van der Waals surface area (Å²) >= 11 is 0. The maximum absolute atomic E-state index is 13.0. The van der Waals surface area contributed by atoms with Crippen LogP contribution in [0.2, 0.25) is 0 Å². The zero-order valence-electron chi connectivity index (χ0n) is 20.2. The van der Waals surface area contributed by atoms with E-state index in [1.807, 2.05) is 41.3 Å². The fraction of sp³-hybridized carbons (Fsp3) is 0.346. The number of sulfone groups is 1. The van der Waals surface area contributed by atoms with Gasteiger partial charge in [-0.1, -0.05) is 30.3 Å². The van der Waals surface area contributed by atoms with Crippen molar-refractivity contribution in [2.75, 3.05) is 12.8 Å². The van der Waals surface area contributed by atoms with Crippen LogP contribution in [0.1, 0.15) is 31.7 Å². The largest absolute Gasteiger partial charge is 0.338 e. The van der Waals surface area contributed by atoms with E-state index in [0.717, 1.165) is 41.3 Å². The first-order valence-corrected chi connectivity index (χ1v) is 13.6. The van der Waals surface area contributed by atoms with Crippen molar-refractivity contribution in [2.24, 2.45) is 0 Å². The zero-order chi connectivity index (χ0) is 26.1. The molecule has 2 heterocycles. The van der Waals surface area contributed by atoms with Gasteiger partial charge in [-0.15, -0.1) is 0 Å². The molecule has 4 rings (SSSR count). The topological polar surface area (TPSA) is 126 Å². The standard InChI is InChI=1S/C26H29N3O6S/c1-26(25(32)27-33,36(2,34)35)12-15-28-14-11-21-16-20(9-10-22(21)24(28)31)19-7-5-18(6-8-19)17-29-13-3-4-23(29)30/h5-11,14,16,33H,3-4,12-13,15,17H2,1-2H3,(H,27,32)/t26-/m1/s1. The Labute approximate surface area is 209 Å². The van der Waals surface area contributed by atoms with Gasteiger partial charge in [0.05, 0.1) is 0 Å². The number of hydrogen-bond donors (Lipinski definition) is 2. The van der Waals surface area contributed by atoms with Crippen LogP contribution in [0.3, 0.4) is 0 Å². The summed E-state index contributed by atoms with van der Waals surface area (Å²) in [7, 11) is -3.86. The predicted octanol–water partition coefficient (Wildman–Crippen LogP) is 2.49. The number of nitrogens with zero attached hydrogens (tertiary/aromatic N) is 2. The van der Waals surface area contributed by atoms with Gasteiger partial charge < -0.3 is 9.47 Å². The second-order valence-corrected chi connectivity index (χ2v) is 11.9. The molecule has 1 aliphatic heterocycles. The van der Waals surface area contributed by atoms with Gasteiger partial charge in [0.15, 0.2) is 14.6 Å². The summed E-state index contributed by atoms with van der Waals surface area (Å²) < 4.78 is 23.9. The third-order valence-corrected chi connectivity index (χ3v) is 9.07. The number of carbonyl (C=O) groups excluding carboxylic acids is 2. The third-order valence-electron chi connectivity index (χ3n) is 7.04. The molecule has 0 bridgehead atoms. The lowest BCUT2D eigenvalue weighted by Crippen LogP contribution is -2.49. The van der Waals surface area contributed by atoms with Crippen LogP contribution in [0.5, 0.6) is 0 Å². The first-order valence-electron chi connectivity index (χ1n) is 11.7. The molecule has 2 amide bonds. The number of aryl methyl sites for hydroxylation is 1. The fourth-order valence-electron chi connectivity index (χ4n) is 4.46. The fourth-order valence-corrected chi connectivity index (χ4v) is 5.30. The molecule has 0 unspecified atom stereocenters. The maximum Gasteiger partial charge on any atom is 0.264 e. The second-order valence-electron chi connectivity index (χ2n) is 9.43. The summed E-state index contributed by atoms with van der Waals surface area (Å²) in [4.78, 5) is 38.8. The minimum atomic E-state index is -3.86. The number of rotatable bonds is 8. The molecular weight excluding hydrogens is 482 g/mol. The number of benzene rings is 2. The first kappa shape index (κ1) is 25.6. The molecule has 0 saturated carbocycles. The van der Waals surface area contributed by atoms with E-state index in [1.165, 1.54) is 17.0 Å². The van der Waals surface area contributed by atoms with Crippen LogP contribution in [0.4, 0.5) is 0 Å². The van der Waals surface area contributed by atoms with E-state index in [4.69, 9.17) is 5.21 Å². The minimum Gasteiger partial charge on any atom is -0.338 e. The summed E-state index contributed by atoms with van der Waals surface area (Å²) in [6.45, 7) is 2.61. The summed E-state index contributed by atoms with van der Waals surface area (Å²) in [5.74, 6) is -0.849. The number of fused-ring (bicyclic) bond motifs is 1. The maximum atomic E-state index is 13.0. The van der Waals surface area contributed by atoms with Crippen molar-refractivity contribution in [3.8, 4) is 11.1 Å². The Morgan fingerprint density at radius 2 is 1.78 bits per heavy atom. The smallest absolute Gasteiger partial charge is 0.264 e. The van der Waals surface area contributed by atoms with E-state index in [2.05, 4.69) is 0 Å². The quantitative estimate of drug-likeness (QED) is 0.354. The lowest BCUT2D eigenvalue weighted by atomic mass is 10.0. The van der Waals surface area contributed by atoms with Gasteiger partial charge in [-0.2, -0.15) is 0 Å². The highest BCUT2D eigenvalue weighted by atomic mass is 32.2. The number of aromatic nitrogens is 1. The van der Waals surface area contributed by atoms with Crippen LogP contribution in [-0.4, -0.2) is 52.5 Å². The predicted molar refractivity (Wildman–Crippen MR) is 136 cm³/mol. The molecule has 1 aliphatic rings. The molecule has 9 nitrogen and oxygen atoms in total. The van der Waals surface area contributed by atoms with Gasteiger partial charge in [-0.25, -0.2) is 13.9 Å². The number of likely N-dealkylation sites (tertiary alicyclic amines) is 1. The van der Waals surface area contributed by atoms with Gasteiger partial charge in [0.2, 0.25) is 5.91 Å². The first-order chi connectivity index (χ1) is 17.0. The SMILES string of the molecule is C[C@@](CCn1ccc2cc(-c3ccc(CN4CCCC4=O)cc3)ccc2c1=O)(C(=O)NO)S(C)(=O)=O. The lowest BCUT2D eigenvalue weighted by Gasteiger charge is -2.25. The average molecular weight is 512 g/mol. The lowest BCUT2D eigenvalue weighted by molar-refractivity contribution is -0.131. The average Bonchev–Trinajstić information content (AvgIpc) is 3.26. The van der Waals surface area contributed by atoms with E-state index in [-0.39, 0.29) is 24.4 Å². The Morgan fingerprint density at radius 1 is 1.08 bits per heavy atom. The number of carbonyl (C=O) groups is 2. The summed E-state index contributed by atoms with van der Waals surface area (Å²) in [5, 5.41) is 10.2. The highest BCUT2D eigenvalue weighted by molar-refractivity contribution is 7.92.